The predicted molar refractivity (Wildman–Crippen MR) is 67.1 cm³/mol. The lowest BCUT2D eigenvalue weighted by Crippen LogP contribution is -2.23. The van der Waals surface area contributed by atoms with E-state index in [4.69, 9.17) is 4.74 Å². The first-order valence-corrected chi connectivity index (χ1v) is 5.56. The summed E-state index contributed by atoms with van der Waals surface area (Å²) in [4.78, 5) is 3.29. The molecule has 0 fully saturated rings. The molecule has 0 saturated heterocycles. The average Bonchev–Trinajstić information content (AvgIpc) is 2.71. The first-order valence-electron chi connectivity index (χ1n) is 5.56. The van der Waals surface area contributed by atoms with Crippen molar-refractivity contribution < 1.29 is 4.74 Å². The Labute approximate surface area is 95.8 Å². The van der Waals surface area contributed by atoms with Crippen LogP contribution in [-0.2, 0) is 6.42 Å². The zero-order valence-electron chi connectivity index (χ0n) is 10.0. The van der Waals surface area contributed by atoms with Gasteiger partial charge in [0.25, 0.3) is 0 Å². The summed E-state index contributed by atoms with van der Waals surface area (Å²) in [5, 5.41) is 4.50. The lowest BCUT2D eigenvalue weighted by Gasteiger charge is -2.08. The molecule has 1 aromatic carbocycles. The summed E-state index contributed by atoms with van der Waals surface area (Å²) in [5.41, 5.74) is 2.50. The SMILES string of the molecule is CNC(C)Cc1c[nH]c2ccc(OC)cc12. The van der Waals surface area contributed by atoms with Crippen molar-refractivity contribution in [3.8, 4) is 5.75 Å². The van der Waals surface area contributed by atoms with Gasteiger partial charge >= 0.3 is 0 Å². The fraction of sp³-hybridized carbons (Fsp3) is 0.385. The Balaban J connectivity index is 2.38. The van der Waals surface area contributed by atoms with Gasteiger partial charge < -0.3 is 15.0 Å². The topological polar surface area (TPSA) is 37.0 Å². The van der Waals surface area contributed by atoms with E-state index in [1.807, 2.05) is 13.1 Å². The molecular formula is C13H18N2O. The minimum absolute atomic E-state index is 0.477. The lowest BCUT2D eigenvalue weighted by atomic mass is 10.1. The summed E-state index contributed by atoms with van der Waals surface area (Å²) in [6.45, 7) is 2.18. The molecule has 1 aromatic heterocycles. The van der Waals surface area contributed by atoms with Crippen molar-refractivity contribution in [2.75, 3.05) is 14.2 Å². The van der Waals surface area contributed by atoms with Crippen molar-refractivity contribution in [2.24, 2.45) is 0 Å². The molecule has 0 spiro atoms. The third-order valence-electron chi connectivity index (χ3n) is 2.99. The van der Waals surface area contributed by atoms with Crippen LogP contribution in [0.3, 0.4) is 0 Å². The molecule has 1 unspecified atom stereocenters. The van der Waals surface area contributed by atoms with E-state index in [0.29, 0.717) is 6.04 Å². The van der Waals surface area contributed by atoms with Gasteiger partial charge in [0.1, 0.15) is 5.75 Å². The third kappa shape index (κ3) is 2.04. The van der Waals surface area contributed by atoms with Gasteiger partial charge in [0.05, 0.1) is 7.11 Å². The van der Waals surface area contributed by atoms with E-state index in [0.717, 1.165) is 12.2 Å². The van der Waals surface area contributed by atoms with Gasteiger partial charge in [-0.3, -0.25) is 0 Å². The number of ether oxygens (including phenoxy) is 1. The maximum atomic E-state index is 5.25. The molecule has 1 atom stereocenters. The smallest absolute Gasteiger partial charge is 0.119 e. The molecule has 0 saturated carbocycles. The maximum absolute atomic E-state index is 5.25. The molecule has 86 valence electrons. The van der Waals surface area contributed by atoms with Crippen LogP contribution in [0.1, 0.15) is 12.5 Å². The third-order valence-corrected chi connectivity index (χ3v) is 2.99. The second-order valence-corrected chi connectivity index (χ2v) is 4.12. The van der Waals surface area contributed by atoms with Gasteiger partial charge in [0, 0.05) is 23.1 Å². The molecule has 3 nitrogen and oxygen atoms in total. The van der Waals surface area contributed by atoms with E-state index in [2.05, 4.69) is 35.6 Å². The Morgan fingerprint density at radius 1 is 1.44 bits per heavy atom. The fourth-order valence-electron chi connectivity index (χ4n) is 1.89. The maximum Gasteiger partial charge on any atom is 0.119 e. The highest BCUT2D eigenvalue weighted by Crippen LogP contribution is 2.24. The highest BCUT2D eigenvalue weighted by molar-refractivity contribution is 5.84. The Morgan fingerprint density at radius 3 is 2.94 bits per heavy atom. The summed E-state index contributed by atoms with van der Waals surface area (Å²) in [6.07, 6.45) is 3.10. The number of hydrogen-bond donors (Lipinski definition) is 2. The van der Waals surface area contributed by atoms with Crippen LogP contribution >= 0.6 is 0 Å². The van der Waals surface area contributed by atoms with Crippen LogP contribution in [0.15, 0.2) is 24.4 Å². The Bertz CT molecular complexity index is 476. The van der Waals surface area contributed by atoms with Gasteiger partial charge in [-0.1, -0.05) is 0 Å². The second kappa shape index (κ2) is 4.58. The Kier molecular flexibility index (Phi) is 3.15. The summed E-state index contributed by atoms with van der Waals surface area (Å²) in [6, 6.07) is 6.60. The van der Waals surface area contributed by atoms with Crippen LogP contribution in [0.2, 0.25) is 0 Å². The zero-order chi connectivity index (χ0) is 11.5. The molecule has 1 heterocycles. The molecule has 0 radical (unpaired) electrons. The average molecular weight is 218 g/mol. The van der Waals surface area contributed by atoms with E-state index in [-0.39, 0.29) is 0 Å². The van der Waals surface area contributed by atoms with Crippen LogP contribution in [0.5, 0.6) is 5.75 Å². The Hall–Kier alpha value is -1.48. The van der Waals surface area contributed by atoms with Crippen molar-refractivity contribution in [3.05, 3.63) is 30.0 Å². The van der Waals surface area contributed by atoms with E-state index < -0.39 is 0 Å². The molecule has 2 rings (SSSR count). The molecule has 0 aliphatic rings. The highest BCUT2D eigenvalue weighted by Gasteiger charge is 2.07. The molecule has 0 aliphatic heterocycles. The van der Waals surface area contributed by atoms with Gasteiger partial charge in [-0.15, -0.1) is 0 Å². The molecule has 0 bridgehead atoms. The highest BCUT2D eigenvalue weighted by atomic mass is 16.5. The van der Waals surface area contributed by atoms with Crippen molar-refractivity contribution in [1.29, 1.82) is 0 Å². The summed E-state index contributed by atoms with van der Waals surface area (Å²) in [7, 11) is 3.68. The normalized spacial score (nSPS) is 12.9. The van der Waals surface area contributed by atoms with Crippen LogP contribution < -0.4 is 10.1 Å². The van der Waals surface area contributed by atoms with E-state index >= 15 is 0 Å². The van der Waals surface area contributed by atoms with E-state index in [1.54, 1.807) is 7.11 Å². The Morgan fingerprint density at radius 2 is 2.25 bits per heavy atom. The zero-order valence-corrected chi connectivity index (χ0v) is 10.0. The van der Waals surface area contributed by atoms with Crippen molar-refractivity contribution in [2.45, 2.75) is 19.4 Å². The van der Waals surface area contributed by atoms with Gasteiger partial charge in [0.2, 0.25) is 0 Å². The molecule has 3 heteroatoms. The molecule has 16 heavy (non-hydrogen) atoms. The standard InChI is InChI=1S/C13H18N2O/c1-9(14-2)6-10-8-15-13-5-4-11(16-3)7-12(10)13/h4-5,7-9,14-15H,6H2,1-3H3. The lowest BCUT2D eigenvalue weighted by molar-refractivity contribution is 0.415. The minimum Gasteiger partial charge on any atom is -0.497 e. The molecule has 0 aliphatic carbocycles. The molecule has 0 amide bonds. The first kappa shape index (κ1) is 11.0. The van der Waals surface area contributed by atoms with Gasteiger partial charge in [-0.25, -0.2) is 0 Å². The minimum atomic E-state index is 0.477. The number of rotatable bonds is 4. The largest absolute Gasteiger partial charge is 0.497 e. The molecule has 2 N–H and O–H groups in total. The number of methoxy groups -OCH3 is 1. The number of benzene rings is 1. The van der Waals surface area contributed by atoms with Crippen molar-refractivity contribution in [1.82, 2.24) is 10.3 Å². The van der Waals surface area contributed by atoms with Gasteiger partial charge in [0.15, 0.2) is 0 Å². The van der Waals surface area contributed by atoms with E-state index in [1.165, 1.54) is 16.5 Å². The fourth-order valence-corrected chi connectivity index (χ4v) is 1.89. The number of aromatic nitrogens is 1. The van der Waals surface area contributed by atoms with Crippen molar-refractivity contribution in [3.63, 3.8) is 0 Å². The number of fused-ring (bicyclic) bond motifs is 1. The number of likely N-dealkylation sites (N-methyl/N-ethyl adjacent to an activating group) is 1. The molecule has 2 aromatic rings. The quantitative estimate of drug-likeness (QED) is 0.826. The van der Waals surface area contributed by atoms with Crippen LogP contribution in [0.4, 0.5) is 0 Å². The van der Waals surface area contributed by atoms with Crippen molar-refractivity contribution >= 4 is 10.9 Å². The van der Waals surface area contributed by atoms with Crippen LogP contribution in [0, 0.1) is 0 Å². The van der Waals surface area contributed by atoms with Crippen LogP contribution in [-0.4, -0.2) is 25.2 Å². The number of nitrogens with one attached hydrogen (secondary N) is 2. The summed E-state index contributed by atoms with van der Waals surface area (Å²) < 4.78 is 5.25. The van der Waals surface area contributed by atoms with Crippen LogP contribution in [0.25, 0.3) is 10.9 Å². The summed E-state index contributed by atoms with van der Waals surface area (Å²) in [5.74, 6) is 0.908. The van der Waals surface area contributed by atoms with E-state index in [9.17, 15) is 0 Å². The number of H-pyrrole nitrogens is 1. The predicted octanol–water partition coefficient (Wildman–Crippen LogP) is 2.33. The summed E-state index contributed by atoms with van der Waals surface area (Å²) >= 11 is 0. The first-order chi connectivity index (χ1) is 7.74. The molecular weight excluding hydrogens is 200 g/mol. The number of hydrogen-bond acceptors (Lipinski definition) is 2. The monoisotopic (exact) mass is 218 g/mol. The van der Waals surface area contributed by atoms with Gasteiger partial charge in [-0.05, 0) is 44.2 Å². The second-order valence-electron chi connectivity index (χ2n) is 4.12. The number of aromatic amines is 1. The van der Waals surface area contributed by atoms with Gasteiger partial charge in [-0.2, -0.15) is 0 Å².